The van der Waals surface area contributed by atoms with E-state index in [1.165, 1.54) is 25.7 Å². The van der Waals surface area contributed by atoms with Gasteiger partial charge in [-0.15, -0.1) is 0 Å². The number of nitrogens with one attached hydrogen (secondary N) is 1. The van der Waals surface area contributed by atoms with Crippen molar-refractivity contribution in [3.63, 3.8) is 0 Å². The molecule has 1 rings (SSSR count). The summed E-state index contributed by atoms with van der Waals surface area (Å²) in [5.74, 6) is 0.900. The van der Waals surface area contributed by atoms with E-state index in [-0.39, 0.29) is 0 Å². The third kappa shape index (κ3) is 2.91. The summed E-state index contributed by atoms with van der Waals surface area (Å²) in [6.07, 6.45) is 5.46. The summed E-state index contributed by atoms with van der Waals surface area (Å²) in [6, 6.07) is 0.740. The van der Waals surface area contributed by atoms with Crippen LogP contribution in [0.5, 0.6) is 0 Å². The first-order valence-electron chi connectivity index (χ1n) is 4.80. The van der Waals surface area contributed by atoms with E-state index in [1.54, 1.807) is 0 Å². The summed E-state index contributed by atoms with van der Waals surface area (Å²) in [5, 5.41) is 3.54. The zero-order valence-corrected chi connectivity index (χ0v) is 9.36. The first kappa shape index (κ1) is 10.3. The fraction of sp³-hybridized carbons (Fsp3) is 0.800. The summed E-state index contributed by atoms with van der Waals surface area (Å²) in [5.41, 5.74) is 0. The van der Waals surface area contributed by atoms with E-state index in [1.807, 2.05) is 0 Å². The van der Waals surface area contributed by atoms with Crippen molar-refractivity contribution in [1.82, 2.24) is 5.32 Å². The highest BCUT2D eigenvalue weighted by Gasteiger charge is 2.24. The van der Waals surface area contributed by atoms with Crippen LogP contribution >= 0.6 is 15.9 Å². The number of hydrogen-bond acceptors (Lipinski definition) is 1. The molecule has 0 aromatic rings. The summed E-state index contributed by atoms with van der Waals surface area (Å²) >= 11 is 3.37. The first-order valence-corrected chi connectivity index (χ1v) is 5.60. The Morgan fingerprint density at radius 1 is 1.58 bits per heavy atom. The van der Waals surface area contributed by atoms with Crippen LogP contribution in [0, 0.1) is 5.92 Å². The predicted molar refractivity (Wildman–Crippen MR) is 57.5 cm³/mol. The van der Waals surface area contributed by atoms with Crippen LogP contribution < -0.4 is 5.32 Å². The minimum Gasteiger partial charge on any atom is -0.309 e. The van der Waals surface area contributed by atoms with Crippen molar-refractivity contribution in [3.05, 3.63) is 11.1 Å². The summed E-state index contributed by atoms with van der Waals surface area (Å²) in [6.45, 7) is 7.02. The molecule has 70 valence electrons. The van der Waals surface area contributed by atoms with Gasteiger partial charge in [-0.3, -0.25) is 0 Å². The molecule has 12 heavy (non-hydrogen) atoms. The molecule has 0 aromatic carbocycles. The van der Waals surface area contributed by atoms with Gasteiger partial charge >= 0.3 is 0 Å². The topological polar surface area (TPSA) is 12.0 Å². The Labute approximate surface area is 83.7 Å². The minimum atomic E-state index is 0.740. The average Bonchev–Trinajstić information content (AvgIpc) is 2.47. The molecule has 0 heterocycles. The van der Waals surface area contributed by atoms with Gasteiger partial charge in [0.2, 0.25) is 0 Å². The Balaban J connectivity index is 2.26. The van der Waals surface area contributed by atoms with Crippen molar-refractivity contribution >= 4 is 15.9 Å². The lowest BCUT2D eigenvalue weighted by Gasteiger charge is -2.19. The highest BCUT2D eigenvalue weighted by atomic mass is 79.9. The maximum atomic E-state index is 3.82. The molecule has 1 aliphatic carbocycles. The number of hydrogen-bond donors (Lipinski definition) is 1. The summed E-state index contributed by atoms with van der Waals surface area (Å²) < 4.78 is 1.06. The Morgan fingerprint density at radius 3 is 2.92 bits per heavy atom. The van der Waals surface area contributed by atoms with Crippen LogP contribution in [0.3, 0.4) is 0 Å². The fourth-order valence-electron chi connectivity index (χ4n) is 2.04. The molecule has 2 atom stereocenters. The SMILES string of the molecule is C=C(Br)CNC1CCCC1CC. The molecule has 0 amide bonds. The molecule has 0 spiro atoms. The van der Waals surface area contributed by atoms with Crippen LogP contribution in [0.25, 0.3) is 0 Å². The van der Waals surface area contributed by atoms with E-state index in [2.05, 4.69) is 34.7 Å². The molecule has 1 saturated carbocycles. The Hall–Kier alpha value is 0.180. The summed E-state index contributed by atoms with van der Waals surface area (Å²) in [7, 11) is 0. The van der Waals surface area contributed by atoms with E-state index in [4.69, 9.17) is 0 Å². The third-order valence-electron chi connectivity index (χ3n) is 2.74. The van der Waals surface area contributed by atoms with Crippen molar-refractivity contribution in [3.8, 4) is 0 Å². The van der Waals surface area contributed by atoms with Crippen LogP contribution in [-0.4, -0.2) is 12.6 Å². The molecule has 1 N–H and O–H groups in total. The third-order valence-corrected chi connectivity index (χ3v) is 3.02. The van der Waals surface area contributed by atoms with Gasteiger partial charge in [-0.1, -0.05) is 42.3 Å². The molecule has 0 bridgehead atoms. The Morgan fingerprint density at radius 2 is 2.33 bits per heavy atom. The van der Waals surface area contributed by atoms with Crippen LogP contribution in [0.1, 0.15) is 32.6 Å². The van der Waals surface area contributed by atoms with Gasteiger partial charge < -0.3 is 5.32 Å². The zero-order valence-electron chi connectivity index (χ0n) is 7.78. The molecule has 1 fully saturated rings. The number of halogens is 1. The average molecular weight is 232 g/mol. The van der Waals surface area contributed by atoms with Crippen molar-refractivity contribution in [2.24, 2.45) is 5.92 Å². The normalized spacial score (nSPS) is 29.2. The predicted octanol–water partition coefficient (Wildman–Crippen LogP) is 3.06. The van der Waals surface area contributed by atoms with Gasteiger partial charge in [0.25, 0.3) is 0 Å². The highest BCUT2D eigenvalue weighted by Crippen LogP contribution is 2.28. The molecular formula is C10H18BrN. The first-order chi connectivity index (χ1) is 5.74. The van der Waals surface area contributed by atoms with E-state index < -0.39 is 0 Å². The van der Waals surface area contributed by atoms with Crippen molar-refractivity contribution in [2.75, 3.05) is 6.54 Å². The van der Waals surface area contributed by atoms with Gasteiger partial charge in [0.15, 0.2) is 0 Å². The van der Waals surface area contributed by atoms with E-state index >= 15 is 0 Å². The van der Waals surface area contributed by atoms with Gasteiger partial charge in [-0.2, -0.15) is 0 Å². The van der Waals surface area contributed by atoms with Crippen LogP contribution in [0.2, 0.25) is 0 Å². The molecule has 0 aliphatic heterocycles. The zero-order chi connectivity index (χ0) is 8.97. The molecular weight excluding hydrogens is 214 g/mol. The maximum Gasteiger partial charge on any atom is 0.0268 e. The van der Waals surface area contributed by atoms with Gasteiger partial charge in [-0.25, -0.2) is 0 Å². The van der Waals surface area contributed by atoms with Crippen LogP contribution in [-0.2, 0) is 0 Å². The quantitative estimate of drug-likeness (QED) is 0.785. The lowest BCUT2D eigenvalue weighted by molar-refractivity contribution is 0.403. The van der Waals surface area contributed by atoms with E-state index in [9.17, 15) is 0 Å². The molecule has 1 aliphatic rings. The van der Waals surface area contributed by atoms with Crippen LogP contribution in [0.4, 0.5) is 0 Å². The second kappa shape index (κ2) is 5.03. The second-order valence-electron chi connectivity index (χ2n) is 3.60. The number of rotatable bonds is 4. The Bertz CT molecular complexity index is 156. The second-order valence-corrected chi connectivity index (χ2v) is 4.73. The molecule has 2 unspecified atom stereocenters. The van der Waals surface area contributed by atoms with Crippen molar-refractivity contribution < 1.29 is 0 Å². The van der Waals surface area contributed by atoms with Gasteiger partial charge in [-0.05, 0) is 18.8 Å². The highest BCUT2D eigenvalue weighted by molar-refractivity contribution is 9.11. The lowest BCUT2D eigenvalue weighted by Crippen LogP contribution is -2.32. The monoisotopic (exact) mass is 231 g/mol. The van der Waals surface area contributed by atoms with Crippen molar-refractivity contribution in [1.29, 1.82) is 0 Å². The molecule has 0 radical (unpaired) electrons. The standard InChI is InChI=1S/C10H18BrN/c1-3-9-5-4-6-10(9)12-7-8(2)11/h9-10,12H,2-7H2,1H3. The van der Waals surface area contributed by atoms with E-state index in [0.29, 0.717) is 0 Å². The molecule has 0 aromatic heterocycles. The molecule has 0 saturated heterocycles. The van der Waals surface area contributed by atoms with Gasteiger partial charge in [0.05, 0.1) is 0 Å². The lowest BCUT2D eigenvalue weighted by atomic mass is 10.0. The van der Waals surface area contributed by atoms with Gasteiger partial charge in [0, 0.05) is 17.1 Å². The largest absolute Gasteiger partial charge is 0.309 e. The molecule has 2 heteroatoms. The Kier molecular flexibility index (Phi) is 4.30. The smallest absolute Gasteiger partial charge is 0.0268 e. The fourth-order valence-corrected chi connectivity index (χ4v) is 2.20. The molecule has 1 nitrogen and oxygen atoms in total. The van der Waals surface area contributed by atoms with E-state index in [0.717, 1.165) is 23.0 Å². The minimum absolute atomic E-state index is 0.740. The van der Waals surface area contributed by atoms with Gasteiger partial charge in [0.1, 0.15) is 0 Å². The van der Waals surface area contributed by atoms with Crippen molar-refractivity contribution in [2.45, 2.75) is 38.6 Å². The maximum absolute atomic E-state index is 3.82. The summed E-state index contributed by atoms with van der Waals surface area (Å²) in [4.78, 5) is 0. The van der Waals surface area contributed by atoms with Crippen LogP contribution in [0.15, 0.2) is 11.1 Å².